The number of amides is 1. The van der Waals surface area contributed by atoms with E-state index in [2.05, 4.69) is 47.5 Å². The number of rotatable bonds is 5. The summed E-state index contributed by atoms with van der Waals surface area (Å²) in [7, 11) is 0. The quantitative estimate of drug-likeness (QED) is 0.391. The average Bonchev–Trinajstić information content (AvgIpc) is 2.78. The van der Waals surface area contributed by atoms with E-state index in [0.717, 1.165) is 4.47 Å². The highest BCUT2D eigenvalue weighted by atomic mass is 79.9. The van der Waals surface area contributed by atoms with Gasteiger partial charge in [0.15, 0.2) is 0 Å². The number of halogens is 2. The Kier molecular flexibility index (Phi) is 5.90. The molecule has 0 radical (unpaired) electrons. The molecule has 11 heteroatoms. The van der Waals surface area contributed by atoms with E-state index in [-0.39, 0.29) is 29.4 Å². The van der Waals surface area contributed by atoms with Crippen LogP contribution in [0.25, 0.3) is 0 Å². The number of aryl methyl sites for hydroxylation is 1. The van der Waals surface area contributed by atoms with Crippen LogP contribution in [0.4, 0.5) is 5.69 Å². The van der Waals surface area contributed by atoms with Gasteiger partial charge in [-0.1, -0.05) is 15.9 Å². The zero-order valence-electron chi connectivity index (χ0n) is 13.2. The monoisotopic (exact) mass is 473 g/mol. The lowest BCUT2D eigenvalue weighted by Crippen LogP contribution is -2.24. The van der Waals surface area contributed by atoms with Crippen molar-refractivity contribution in [2.45, 2.75) is 20.4 Å². The van der Waals surface area contributed by atoms with Crippen LogP contribution in [-0.2, 0) is 11.3 Å². The molecular formula is C14H13Br2N5O4. The van der Waals surface area contributed by atoms with Crippen molar-refractivity contribution in [3.63, 3.8) is 0 Å². The van der Waals surface area contributed by atoms with Crippen molar-refractivity contribution >= 4 is 49.7 Å². The Labute approximate surface area is 159 Å². The molecule has 0 aliphatic carbocycles. The molecule has 0 spiro atoms. The molecular weight excluding hydrogens is 462 g/mol. The van der Waals surface area contributed by atoms with Gasteiger partial charge in [-0.15, -0.1) is 0 Å². The van der Waals surface area contributed by atoms with Crippen molar-refractivity contribution in [1.82, 2.24) is 15.2 Å². The summed E-state index contributed by atoms with van der Waals surface area (Å²) in [5.74, 6) is -0.527. The maximum absolute atomic E-state index is 11.9. The molecule has 1 heterocycles. The molecule has 1 aromatic heterocycles. The number of nitrogens with one attached hydrogen (secondary N) is 1. The molecule has 2 aromatic rings. The first-order valence-corrected chi connectivity index (χ1v) is 8.47. The Bertz CT molecular complexity index is 879. The highest BCUT2D eigenvalue weighted by Gasteiger charge is 2.22. The molecule has 0 saturated carbocycles. The number of phenolic OH excluding ortho intramolecular Hbond substituents is 1. The number of aromatic nitrogens is 2. The molecule has 0 aliphatic rings. The average molecular weight is 475 g/mol. The molecule has 2 rings (SSSR count). The number of hydrogen-bond acceptors (Lipinski definition) is 6. The summed E-state index contributed by atoms with van der Waals surface area (Å²) in [4.78, 5) is 22.4. The predicted octanol–water partition coefficient (Wildman–Crippen LogP) is 2.79. The largest absolute Gasteiger partial charge is 0.506 e. The minimum atomic E-state index is -0.530. The van der Waals surface area contributed by atoms with Crippen LogP contribution in [0.1, 0.15) is 17.0 Å². The highest BCUT2D eigenvalue weighted by Crippen LogP contribution is 2.30. The van der Waals surface area contributed by atoms with Gasteiger partial charge in [0.05, 0.1) is 15.6 Å². The maximum atomic E-state index is 11.9. The number of aromatic hydroxyl groups is 1. The van der Waals surface area contributed by atoms with E-state index in [1.165, 1.54) is 24.7 Å². The maximum Gasteiger partial charge on any atom is 0.312 e. The number of nitro groups is 1. The minimum absolute atomic E-state index is 0.0182. The lowest BCUT2D eigenvalue weighted by atomic mass is 10.2. The molecule has 0 aliphatic heterocycles. The van der Waals surface area contributed by atoms with Gasteiger partial charge in [-0.05, 0) is 41.9 Å². The highest BCUT2D eigenvalue weighted by molar-refractivity contribution is 9.11. The number of benzene rings is 1. The van der Waals surface area contributed by atoms with E-state index < -0.39 is 10.8 Å². The Hall–Kier alpha value is -2.27. The fourth-order valence-corrected chi connectivity index (χ4v) is 3.39. The Morgan fingerprint density at radius 1 is 1.48 bits per heavy atom. The minimum Gasteiger partial charge on any atom is -0.506 e. The SMILES string of the molecule is Cc1nn(CC(=O)N/N=C/c2cc(Br)cc(Br)c2O)c(C)c1[N+](=O)[O-]. The van der Waals surface area contributed by atoms with Crippen LogP contribution in [0.15, 0.2) is 26.2 Å². The third kappa shape index (κ3) is 4.42. The van der Waals surface area contributed by atoms with E-state index in [4.69, 9.17) is 0 Å². The standard InChI is InChI=1S/C14H13Br2N5O4/c1-7-13(21(24)25)8(2)20(19-7)6-12(22)18-17-5-9-3-10(15)4-11(16)14(9)23/h3-5,23H,6H2,1-2H3,(H,18,22)/b17-5+. The fraction of sp³-hybridized carbons (Fsp3) is 0.214. The third-order valence-corrected chi connectivity index (χ3v) is 4.33. The summed E-state index contributed by atoms with van der Waals surface area (Å²) in [5, 5.41) is 28.6. The predicted molar refractivity (Wildman–Crippen MR) is 97.6 cm³/mol. The number of phenols is 1. The number of hydrazone groups is 1. The summed E-state index contributed by atoms with van der Waals surface area (Å²) >= 11 is 6.48. The van der Waals surface area contributed by atoms with E-state index >= 15 is 0 Å². The van der Waals surface area contributed by atoms with Gasteiger partial charge >= 0.3 is 5.69 Å². The molecule has 0 bridgehead atoms. The van der Waals surface area contributed by atoms with Crippen LogP contribution < -0.4 is 5.43 Å². The lowest BCUT2D eigenvalue weighted by molar-refractivity contribution is -0.386. The number of carbonyl (C=O) groups is 1. The molecule has 0 fully saturated rings. The van der Waals surface area contributed by atoms with Crippen LogP contribution >= 0.6 is 31.9 Å². The zero-order chi connectivity index (χ0) is 18.7. The zero-order valence-corrected chi connectivity index (χ0v) is 16.3. The van der Waals surface area contributed by atoms with E-state index in [0.29, 0.717) is 10.0 Å². The number of carbonyl (C=O) groups excluding carboxylic acids is 1. The number of nitrogens with zero attached hydrogens (tertiary/aromatic N) is 4. The second-order valence-electron chi connectivity index (χ2n) is 5.05. The van der Waals surface area contributed by atoms with Gasteiger partial charge in [0, 0.05) is 10.0 Å². The second-order valence-corrected chi connectivity index (χ2v) is 6.82. The van der Waals surface area contributed by atoms with Crippen molar-refractivity contribution < 1.29 is 14.8 Å². The van der Waals surface area contributed by atoms with Gasteiger partial charge in [0.1, 0.15) is 23.7 Å². The fourth-order valence-electron chi connectivity index (χ4n) is 2.14. The van der Waals surface area contributed by atoms with Gasteiger partial charge in [0.2, 0.25) is 0 Å². The second kappa shape index (κ2) is 7.74. The molecule has 132 valence electrons. The van der Waals surface area contributed by atoms with E-state index in [1.807, 2.05) is 0 Å². The summed E-state index contributed by atoms with van der Waals surface area (Å²) in [5.41, 5.74) is 3.10. The smallest absolute Gasteiger partial charge is 0.312 e. The topological polar surface area (TPSA) is 123 Å². The summed E-state index contributed by atoms with van der Waals surface area (Å²) < 4.78 is 2.44. The third-order valence-electron chi connectivity index (χ3n) is 3.27. The summed E-state index contributed by atoms with van der Waals surface area (Å²) in [6.45, 7) is 2.81. The van der Waals surface area contributed by atoms with Crippen LogP contribution in [0.2, 0.25) is 0 Å². The lowest BCUT2D eigenvalue weighted by Gasteiger charge is -2.04. The van der Waals surface area contributed by atoms with Crippen molar-refractivity contribution in [2.24, 2.45) is 5.10 Å². The Balaban J connectivity index is 2.07. The van der Waals surface area contributed by atoms with Crippen LogP contribution in [0.3, 0.4) is 0 Å². The van der Waals surface area contributed by atoms with E-state index in [1.54, 1.807) is 12.1 Å². The Morgan fingerprint density at radius 2 is 2.16 bits per heavy atom. The molecule has 1 amide bonds. The molecule has 0 saturated heterocycles. The molecule has 1 aromatic carbocycles. The van der Waals surface area contributed by atoms with Crippen molar-refractivity contribution in [1.29, 1.82) is 0 Å². The van der Waals surface area contributed by atoms with Crippen molar-refractivity contribution in [2.75, 3.05) is 0 Å². The van der Waals surface area contributed by atoms with Crippen LogP contribution in [0, 0.1) is 24.0 Å². The van der Waals surface area contributed by atoms with Crippen LogP contribution in [0.5, 0.6) is 5.75 Å². The first-order valence-electron chi connectivity index (χ1n) is 6.89. The number of hydrogen-bond donors (Lipinski definition) is 2. The summed E-state index contributed by atoms with van der Waals surface area (Å²) in [6.07, 6.45) is 1.28. The van der Waals surface area contributed by atoms with Crippen LogP contribution in [-0.4, -0.2) is 31.9 Å². The van der Waals surface area contributed by atoms with E-state index in [9.17, 15) is 20.0 Å². The molecule has 25 heavy (non-hydrogen) atoms. The van der Waals surface area contributed by atoms with Gasteiger partial charge in [0.25, 0.3) is 5.91 Å². The summed E-state index contributed by atoms with van der Waals surface area (Å²) in [6, 6.07) is 3.29. The Morgan fingerprint density at radius 3 is 2.76 bits per heavy atom. The normalized spacial score (nSPS) is 11.0. The van der Waals surface area contributed by atoms with Crippen molar-refractivity contribution in [3.05, 3.63) is 48.1 Å². The van der Waals surface area contributed by atoms with Gasteiger partial charge < -0.3 is 5.11 Å². The van der Waals surface area contributed by atoms with Gasteiger partial charge in [-0.2, -0.15) is 10.2 Å². The molecule has 9 nitrogen and oxygen atoms in total. The molecule has 0 atom stereocenters. The van der Waals surface area contributed by atoms with Gasteiger partial charge in [-0.3, -0.25) is 19.6 Å². The first kappa shape index (κ1) is 19.1. The molecule has 0 unspecified atom stereocenters. The molecule has 2 N–H and O–H groups in total. The first-order chi connectivity index (χ1) is 11.7. The van der Waals surface area contributed by atoms with Crippen molar-refractivity contribution in [3.8, 4) is 5.75 Å². The van der Waals surface area contributed by atoms with Gasteiger partial charge in [-0.25, -0.2) is 5.43 Å².